The summed E-state index contributed by atoms with van der Waals surface area (Å²) < 4.78 is 2.96. The molecule has 0 spiro atoms. The Morgan fingerprint density at radius 2 is 1.92 bits per heavy atom. The summed E-state index contributed by atoms with van der Waals surface area (Å²) in [4.78, 5) is 8.79. The molecule has 0 unspecified atom stereocenters. The standard InChI is InChI=1S/C18H13BrN4O/c19-13-4-6-14(7-5-13)21-18-17(12-2-1-3-15(24)10-12)22-16-11-20-8-9-23(16)18/h1-11,21,24H. The molecule has 6 heteroatoms. The van der Waals surface area contributed by atoms with Gasteiger partial charge in [-0.05, 0) is 36.4 Å². The molecule has 0 bridgehead atoms. The number of phenolic OH excluding ortho intramolecular Hbond substituents is 1. The molecule has 2 N–H and O–H groups in total. The molecule has 2 aromatic carbocycles. The molecule has 0 radical (unpaired) electrons. The third-order valence-corrected chi connectivity index (χ3v) is 4.19. The van der Waals surface area contributed by atoms with Gasteiger partial charge in [-0.1, -0.05) is 28.1 Å². The summed E-state index contributed by atoms with van der Waals surface area (Å²) in [5, 5.41) is 13.2. The summed E-state index contributed by atoms with van der Waals surface area (Å²) in [6.45, 7) is 0. The van der Waals surface area contributed by atoms with Crippen molar-refractivity contribution in [2.24, 2.45) is 0 Å². The third-order valence-electron chi connectivity index (χ3n) is 3.66. The van der Waals surface area contributed by atoms with Crippen molar-refractivity contribution in [2.45, 2.75) is 0 Å². The number of nitrogens with zero attached hydrogens (tertiary/aromatic N) is 3. The zero-order chi connectivity index (χ0) is 16.5. The Hall–Kier alpha value is -2.86. The summed E-state index contributed by atoms with van der Waals surface area (Å²) >= 11 is 3.44. The number of hydrogen-bond donors (Lipinski definition) is 2. The minimum atomic E-state index is 0.206. The molecule has 0 atom stereocenters. The summed E-state index contributed by atoms with van der Waals surface area (Å²) in [6.07, 6.45) is 5.28. The van der Waals surface area contributed by atoms with E-state index in [1.165, 1.54) is 0 Å². The first kappa shape index (κ1) is 14.7. The Labute approximate surface area is 146 Å². The Morgan fingerprint density at radius 1 is 1.08 bits per heavy atom. The van der Waals surface area contributed by atoms with E-state index in [2.05, 4.69) is 31.2 Å². The summed E-state index contributed by atoms with van der Waals surface area (Å²) in [6, 6.07) is 15.0. The SMILES string of the molecule is Oc1cccc(-c2nc3cnccn3c2Nc2ccc(Br)cc2)c1. The first-order valence-electron chi connectivity index (χ1n) is 7.35. The van der Waals surface area contributed by atoms with Crippen LogP contribution in [0.1, 0.15) is 0 Å². The van der Waals surface area contributed by atoms with Gasteiger partial charge in [-0.25, -0.2) is 4.98 Å². The molecule has 0 saturated heterocycles. The molecule has 2 aromatic heterocycles. The van der Waals surface area contributed by atoms with Gasteiger partial charge in [-0.15, -0.1) is 0 Å². The molecule has 0 fully saturated rings. The fourth-order valence-electron chi connectivity index (χ4n) is 2.55. The number of rotatable bonds is 3. The predicted molar refractivity (Wildman–Crippen MR) is 97.5 cm³/mol. The average molecular weight is 381 g/mol. The van der Waals surface area contributed by atoms with Crippen molar-refractivity contribution in [3.8, 4) is 17.0 Å². The lowest BCUT2D eigenvalue weighted by molar-refractivity contribution is 0.475. The van der Waals surface area contributed by atoms with Crippen LogP contribution in [0.3, 0.4) is 0 Å². The van der Waals surface area contributed by atoms with Gasteiger partial charge in [0.05, 0.1) is 6.20 Å². The van der Waals surface area contributed by atoms with E-state index >= 15 is 0 Å². The third kappa shape index (κ3) is 2.72. The fourth-order valence-corrected chi connectivity index (χ4v) is 2.82. The number of halogens is 1. The molecular weight excluding hydrogens is 368 g/mol. The number of imidazole rings is 1. The molecule has 0 saturated carbocycles. The van der Waals surface area contributed by atoms with Crippen LogP contribution < -0.4 is 5.32 Å². The highest BCUT2D eigenvalue weighted by atomic mass is 79.9. The maximum absolute atomic E-state index is 9.79. The topological polar surface area (TPSA) is 62.5 Å². The quantitative estimate of drug-likeness (QED) is 0.544. The van der Waals surface area contributed by atoms with Crippen molar-refractivity contribution in [3.63, 3.8) is 0 Å². The lowest BCUT2D eigenvalue weighted by atomic mass is 10.1. The van der Waals surface area contributed by atoms with E-state index in [0.717, 1.165) is 32.9 Å². The lowest BCUT2D eigenvalue weighted by Gasteiger charge is -2.09. The van der Waals surface area contributed by atoms with Crippen LogP contribution in [0.25, 0.3) is 16.9 Å². The minimum Gasteiger partial charge on any atom is -0.508 e. The zero-order valence-electron chi connectivity index (χ0n) is 12.5. The number of anilines is 2. The van der Waals surface area contributed by atoms with Crippen LogP contribution in [0.4, 0.5) is 11.5 Å². The van der Waals surface area contributed by atoms with Crippen molar-refractivity contribution in [1.82, 2.24) is 14.4 Å². The average Bonchev–Trinajstić information content (AvgIpc) is 2.96. The van der Waals surface area contributed by atoms with Crippen LogP contribution in [0.2, 0.25) is 0 Å². The zero-order valence-corrected chi connectivity index (χ0v) is 14.1. The highest BCUT2D eigenvalue weighted by Gasteiger charge is 2.14. The monoisotopic (exact) mass is 380 g/mol. The van der Waals surface area contributed by atoms with Gasteiger partial charge in [-0.2, -0.15) is 0 Å². The van der Waals surface area contributed by atoms with Crippen molar-refractivity contribution in [2.75, 3.05) is 5.32 Å². The second kappa shape index (κ2) is 5.98. The molecule has 4 rings (SSSR count). The first-order chi connectivity index (χ1) is 11.7. The van der Waals surface area contributed by atoms with Crippen molar-refractivity contribution in [3.05, 3.63) is 71.6 Å². The highest BCUT2D eigenvalue weighted by Crippen LogP contribution is 2.32. The Morgan fingerprint density at radius 3 is 2.71 bits per heavy atom. The number of fused-ring (bicyclic) bond motifs is 1. The van der Waals surface area contributed by atoms with E-state index < -0.39 is 0 Å². The van der Waals surface area contributed by atoms with Crippen molar-refractivity contribution >= 4 is 33.1 Å². The van der Waals surface area contributed by atoms with Crippen LogP contribution in [-0.4, -0.2) is 19.5 Å². The van der Waals surface area contributed by atoms with Gasteiger partial charge < -0.3 is 10.4 Å². The van der Waals surface area contributed by atoms with E-state index in [1.807, 2.05) is 40.9 Å². The lowest BCUT2D eigenvalue weighted by Crippen LogP contribution is -1.97. The van der Waals surface area contributed by atoms with Crippen LogP contribution in [0.5, 0.6) is 5.75 Å². The molecule has 5 nitrogen and oxygen atoms in total. The van der Waals surface area contributed by atoms with E-state index in [4.69, 9.17) is 0 Å². The van der Waals surface area contributed by atoms with Crippen molar-refractivity contribution < 1.29 is 5.11 Å². The molecule has 118 valence electrons. The minimum absolute atomic E-state index is 0.206. The second-order valence-corrected chi connectivity index (χ2v) is 6.21. The fraction of sp³-hybridized carbons (Fsp3) is 0. The second-order valence-electron chi connectivity index (χ2n) is 5.30. The number of phenols is 1. The Balaban J connectivity index is 1.88. The van der Waals surface area contributed by atoms with Gasteiger partial charge in [-0.3, -0.25) is 9.38 Å². The predicted octanol–water partition coefficient (Wildman–Crippen LogP) is 4.61. The molecule has 0 aliphatic heterocycles. The number of aromatic nitrogens is 3. The van der Waals surface area contributed by atoms with E-state index in [-0.39, 0.29) is 5.75 Å². The number of benzene rings is 2. The van der Waals surface area contributed by atoms with Gasteiger partial charge in [0.15, 0.2) is 5.65 Å². The van der Waals surface area contributed by atoms with Crippen LogP contribution in [0, 0.1) is 0 Å². The molecule has 24 heavy (non-hydrogen) atoms. The normalized spacial score (nSPS) is 10.9. The maximum Gasteiger partial charge on any atom is 0.157 e. The molecule has 0 aliphatic rings. The summed E-state index contributed by atoms with van der Waals surface area (Å²) in [5.74, 6) is 1.03. The largest absolute Gasteiger partial charge is 0.508 e. The first-order valence-corrected chi connectivity index (χ1v) is 8.14. The maximum atomic E-state index is 9.79. The van der Waals surface area contributed by atoms with E-state index in [9.17, 15) is 5.11 Å². The highest BCUT2D eigenvalue weighted by molar-refractivity contribution is 9.10. The molecule has 2 heterocycles. The van der Waals surface area contributed by atoms with Gasteiger partial charge in [0.25, 0.3) is 0 Å². The number of aromatic hydroxyl groups is 1. The van der Waals surface area contributed by atoms with Crippen LogP contribution >= 0.6 is 15.9 Å². The molecular formula is C18H13BrN4O. The smallest absolute Gasteiger partial charge is 0.157 e. The van der Waals surface area contributed by atoms with Gasteiger partial charge >= 0.3 is 0 Å². The van der Waals surface area contributed by atoms with Gasteiger partial charge in [0.2, 0.25) is 0 Å². The van der Waals surface area contributed by atoms with E-state index in [1.54, 1.807) is 30.6 Å². The van der Waals surface area contributed by atoms with Crippen LogP contribution in [0.15, 0.2) is 71.6 Å². The summed E-state index contributed by atoms with van der Waals surface area (Å²) in [7, 11) is 0. The number of hydrogen-bond acceptors (Lipinski definition) is 4. The molecule has 0 aliphatic carbocycles. The van der Waals surface area contributed by atoms with Gasteiger partial charge in [0.1, 0.15) is 17.3 Å². The van der Waals surface area contributed by atoms with E-state index in [0.29, 0.717) is 0 Å². The number of nitrogens with one attached hydrogen (secondary N) is 1. The van der Waals surface area contributed by atoms with Gasteiger partial charge in [0, 0.05) is 28.1 Å². The Bertz CT molecular complexity index is 1010. The molecule has 4 aromatic rings. The molecule has 0 amide bonds. The van der Waals surface area contributed by atoms with Crippen molar-refractivity contribution in [1.29, 1.82) is 0 Å². The Kier molecular flexibility index (Phi) is 3.66. The van der Waals surface area contributed by atoms with Crippen LogP contribution in [-0.2, 0) is 0 Å². The summed E-state index contributed by atoms with van der Waals surface area (Å²) in [5.41, 5.74) is 3.26.